The molecule has 2 heterocycles. The highest BCUT2D eigenvalue weighted by atomic mass is 32.1. The molecule has 1 fully saturated rings. The normalized spacial score (nSPS) is 21.1. The van der Waals surface area contributed by atoms with Crippen LogP contribution in [-0.4, -0.2) is 25.2 Å². The van der Waals surface area contributed by atoms with Crippen LogP contribution in [0.1, 0.15) is 19.3 Å². The van der Waals surface area contributed by atoms with Crippen LogP contribution >= 0.6 is 11.3 Å². The minimum atomic E-state index is -0.101. The molecule has 0 saturated carbocycles. The smallest absolute Gasteiger partial charge is 0.320 e. The Bertz CT molecular complexity index is 318. The predicted octanol–water partition coefficient (Wildman–Crippen LogP) is 2.01. The van der Waals surface area contributed by atoms with Gasteiger partial charge in [0.15, 0.2) is 0 Å². The molecule has 0 bridgehead atoms. The molecule has 0 radical (unpaired) electrons. The summed E-state index contributed by atoms with van der Waals surface area (Å²) in [7, 11) is 0. The minimum absolute atomic E-state index is 0.101. The Hall–Kier alpha value is -1.07. The van der Waals surface area contributed by atoms with E-state index >= 15 is 0 Å². The Labute approximate surface area is 99.4 Å². The van der Waals surface area contributed by atoms with Crippen molar-refractivity contribution in [2.75, 3.05) is 18.4 Å². The van der Waals surface area contributed by atoms with Crippen LogP contribution < -0.4 is 16.0 Å². The van der Waals surface area contributed by atoms with Gasteiger partial charge in [0.25, 0.3) is 0 Å². The van der Waals surface area contributed by atoms with E-state index in [1.54, 1.807) is 0 Å². The zero-order valence-corrected chi connectivity index (χ0v) is 9.98. The monoisotopic (exact) mass is 239 g/mol. The molecule has 1 atom stereocenters. The first-order chi connectivity index (χ1) is 7.84. The van der Waals surface area contributed by atoms with Gasteiger partial charge in [-0.05, 0) is 36.9 Å². The van der Waals surface area contributed by atoms with Crippen LogP contribution in [0.15, 0.2) is 17.5 Å². The molecule has 0 spiro atoms. The van der Waals surface area contributed by atoms with Crippen LogP contribution in [-0.2, 0) is 0 Å². The molecule has 0 aliphatic carbocycles. The van der Waals surface area contributed by atoms with Crippen LogP contribution in [0.2, 0.25) is 0 Å². The molecule has 1 unspecified atom stereocenters. The largest absolute Gasteiger partial charge is 0.334 e. The summed E-state index contributed by atoms with van der Waals surface area (Å²) in [5.74, 6) is 0. The summed E-state index contributed by atoms with van der Waals surface area (Å²) in [5.41, 5.74) is 0. The van der Waals surface area contributed by atoms with Crippen molar-refractivity contribution in [3.8, 4) is 0 Å². The summed E-state index contributed by atoms with van der Waals surface area (Å²) in [4.78, 5) is 11.6. The lowest BCUT2D eigenvalue weighted by Crippen LogP contribution is -2.42. The van der Waals surface area contributed by atoms with Crippen molar-refractivity contribution in [3.63, 3.8) is 0 Å². The second-order valence-corrected chi connectivity index (χ2v) is 4.92. The lowest BCUT2D eigenvalue weighted by atomic mass is 10.1. The fourth-order valence-corrected chi connectivity index (χ4v) is 2.44. The molecule has 1 saturated heterocycles. The number of nitrogens with one attached hydrogen (secondary N) is 3. The Kier molecular flexibility index (Phi) is 4.18. The number of urea groups is 1. The number of hydrogen-bond donors (Lipinski definition) is 3. The van der Waals surface area contributed by atoms with E-state index in [4.69, 9.17) is 0 Å². The molecule has 1 aliphatic heterocycles. The minimum Gasteiger partial charge on any atom is -0.334 e. The van der Waals surface area contributed by atoms with Crippen LogP contribution in [0, 0.1) is 0 Å². The van der Waals surface area contributed by atoms with Crippen molar-refractivity contribution >= 4 is 22.4 Å². The summed E-state index contributed by atoms with van der Waals surface area (Å²) in [6.45, 7) is 1.93. The molecule has 1 aromatic heterocycles. The standard InChI is InChI=1S/C11H17N3OS/c15-11(14-10-5-3-7-16-10)13-9-4-1-2-6-12-8-9/h3,5,7,9,12H,1-2,4,6,8H2,(H2,13,14,15). The van der Waals surface area contributed by atoms with E-state index in [2.05, 4.69) is 16.0 Å². The summed E-state index contributed by atoms with van der Waals surface area (Å²) in [5, 5.41) is 12.0. The van der Waals surface area contributed by atoms with E-state index in [9.17, 15) is 4.79 Å². The Morgan fingerprint density at radius 1 is 1.50 bits per heavy atom. The van der Waals surface area contributed by atoms with Crippen molar-refractivity contribution in [1.82, 2.24) is 10.6 Å². The topological polar surface area (TPSA) is 53.2 Å². The molecule has 2 amide bonds. The van der Waals surface area contributed by atoms with E-state index in [1.807, 2.05) is 17.5 Å². The average Bonchev–Trinajstić information content (AvgIpc) is 2.62. The Morgan fingerprint density at radius 3 is 3.25 bits per heavy atom. The highest BCUT2D eigenvalue weighted by molar-refractivity contribution is 7.14. The van der Waals surface area contributed by atoms with Crippen molar-refractivity contribution in [2.24, 2.45) is 0 Å². The van der Waals surface area contributed by atoms with Gasteiger partial charge in [0, 0.05) is 12.6 Å². The van der Waals surface area contributed by atoms with E-state index in [1.165, 1.54) is 24.2 Å². The number of carbonyl (C=O) groups is 1. The van der Waals surface area contributed by atoms with Gasteiger partial charge in [-0.1, -0.05) is 6.42 Å². The molecule has 1 aromatic rings. The number of rotatable bonds is 2. The molecule has 4 nitrogen and oxygen atoms in total. The van der Waals surface area contributed by atoms with Crippen LogP contribution in [0.3, 0.4) is 0 Å². The Balaban J connectivity index is 1.77. The fourth-order valence-electron chi connectivity index (χ4n) is 1.83. The van der Waals surface area contributed by atoms with Gasteiger partial charge in [0.2, 0.25) is 0 Å². The third kappa shape index (κ3) is 3.50. The lowest BCUT2D eigenvalue weighted by molar-refractivity contribution is 0.247. The predicted molar refractivity (Wildman–Crippen MR) is 67.0 cm³/mol. The van der Waals surface area contributed by atoms with Gasteiger partial charge >= 0.3 is 6.03 Å². The Morgan fingerprint density at radius 2 is 2.44 bits per heavy atom. The van der Waals surface area contributed by atoms with E-state index in [-0.39, 0.29) is 12.1 Å². The molecular weight excluding hydrogens is 222 g/mol. The van der Waals surface area contributed by atoms with Gasteiger partial charge in [-0.15, -0.1) is 11.3 Å². The van der Waals surface area contributed by atoms with Crippen LogP contribution in [0.25, 0.3) is 0 Å². The van der Waals surface area contributed by atoms with Crippen molar-refractivity contribution in [1.29, 1.82) is 0 Å². The summed E-state index contributed by atoms with van der Waals surface area (Å²) >= 11 is 1.53. The number of carbonyl (C=O) groups excluding carboxylic acids is 1. The summed E-state index contributed by atoms with van der Waals surface area (Å²) < 4.78 is 0. The van der Waals surface area contributed by atoms with Gasteiger partial charge in [-0.2, -0.15) is 0 Å². The number of anilines is 1. The number of thiophene rings is 1. The van der Waals surface area contributed by atoms with Crippen LogP contribution in [0.5, 0.6) is 0 Å². The first-order valence-corrected chi connectivity index (χ1v) is 6.54. The maximum atomic E-state index is 11.6. The van der Waals surface area contributed by atoms with Gasteiger partial charge in [0.1, 0.15) is 0 Å². The highest BCUT2D eigenvalue weighted by Crippen LogP contribution is 2.14. The fraction of sp³-hybridized carbons (Fsp3) is 0.545. The first-order valence-electron chi connectivity index (χ1n) is 5.66. The molecule has 5 heteroatoms. The van der Waals surface area contributed by atoms with Gasteiger partial charge in [-0.25, -0.2) is 4.79 Å². The number of hydrogen-bond acceptors (Lipinski definition) is 3. The third-order valence-electron chi connectivity index (χ3n) is 2.64. The molecule has 2 rings (SSSR count). The molecule has 0 aromatic carbocycles. The molecule has 1 aliphatic rings. The SMILES string of the molecule is O=C(Nc1cccs1)NC1CCCCNC1. The first kappa shape index (κ1) is 11.4. The highest BCUT2D eigenvalue weighted by Gasteiger charge is 2.14. The maximum Gasteiger partial charge on any atom is 0.320 e. The number of amides is 2. The average molecular weight is 239 g/mol. The molecular formula is C11H17N3OS. The van der Waals surface area contributed by atoms with Gasteiger partial charge in [-0.3, -0.25) is 5.32 Å². The summed E-state index contributed by atoms with van der Waals surface area (Å²) in [6.07, 6.45) is 3.44. The molecule has 3 N–H and O–H groups in total. The van der Waals surface area contributed by atoms with Crippen molar-refractivity contribution in [2.45, 2.75) is 25.3 Å². The maximum absolute atomic E-state index is 11.6. The van der Waals surface area contributed by atoms with E-state index < -0.39 is 0 Å². The molecule has 88 valence electrons. The second kappa shape index (κ2) is 5.86. The third-order valence-corrected chi connectivity index (χ3v) is 3.43. The quantitative estimate of drug-likeness (QED) is 0.739. The zero-order valence-electron chi connectivity index (χ0n) is 9.16. The lowest BCUT2D eigenvalue weighted by Gasteiger charge is -2.16. The zero-order chi connectivity index (χ0) is 11.2. The van der Waals surface area contributed by atoms with Gasteiger partial charge < -0.3 is 10.6 Å². The summed E-state index contributed by atoms with van der Waals surface area (Å²) in [6, 6.07) is 3.97. The van der Waals surface area contributed by atoms with Crippen molar-refractivity contribution in [3.05, 3.63) is 17.5 Å². The van der Waals surface area contributed by atoms with Gasteiger partial charge in [0.05, 0.1) is 5.00 Å². The second-order valence-electron chi connectivity index (χ2n) is 3.97. The van der Waals surface area contributed by atoms with E-state index in [0.29, 0.717) is 0 Å². The van der Waals surface area contributed by atoms with Crippen LogP contribution in [0.4, 0.5) is 9.80 Å². The molecule has 16 heavy (non-hydrogen) atoms. The van der Waals surface area contributed by atoms with Crippen molar-refractivity contribution < 1.29 is 4.79 Å². The van der Waals surface area contributed by atoms with E-state index in [0.717, 1.165) is 24.5 Å².